The van der Waals surface area contributed by atoms with Crippen LogP contribution in [0.2, 0.25) is 0 Å². The van der Waals surface area contributed by atoms with E-state index in [9.17, 15) is 8.78 Å². The van der Waals surface area contributed by atoms with Crippen LogP contribution in [0, 0.1) is 18.6 Å². The molecule has 0 amide bonds. The van der Waals surface area contributed by atoms with Crippen molar-refractivity contribution in [1.29, 1.82) is 0 Å². The molecule has 0 spiro atoms. The van der Waals surface area contributed by atoms with Crippen molar-refractivity contribution in [3.63, 3.8) is 0 Å². The molecule has 1 saturated heterocycles. The van der Waals surface area contributed by atoms with Crippen LogP contribution in [0.1, 0.15) is 60.8 Å². The Kier molecular flexibility index (Phi) is 4.47. The molecule has 29 heavy (non-hydrogen) atoms. The minimum Gasteiger partial charge on any atom is -0.296 e. The lowest BCUT2D eigenvalue weighted by Gasteiger charge is -2.40. The Bertz CT molecular complexity index is 1050. The molecule has 2 bridgehead atoms. The molecule has 0 aromatic heterocycles. The number of allylic oxidation sites excluding steroid dienone is 2. The van der Waals surface area contributed by atoms with Crippen molar-refractivity contribution in [3.8, 4) is 0 Å². The van der Waals surface area contributed by atoms with Crippen molar-refractivity contribution in [2.45, 2.75) is 57.5 Å². The van der Waals surface area contributed by atoms with Gasteiger partial charge < -0.3 is 0 Å². The highest BCUT2D eigenvalue weighted by Gasteiger charge is 2.42. The van der Waals surface area contributed by atoms with Crippen molar-refractivity contribution < 1.29 is 8.78 Å². The molecule has 3 atom stereocenters. The Morgan fingerprint density at radius 3 is 2.66 bits per heavy atom. The first-order valence-electron chi connectivity index (χ1n) is 10.6. The van der Waals surface area contributed by atoms with Crippen LogP contribution in [0.5, 0.6) is 0 Å². The van der Waals surface area contributed by atoms with Gasteiger partial charge in [0.25, 0.3) is 0 Å². The van der Waals surface area contributed by atoms with Gasteiger partial charge in [-0.3, -0.25) is 4.90 Å². The van der Waals surface area contributed by atoms with Gasteiger partial charge in [0.15, 0.2) is 11.6 Å². The van der Waals surface area contributed by atoms with Gasteiger partial charge in [-0.1, -0.05) is 41.5 Å². The molecule has 1 aliphatic carbocycles. The Hall–Kier alpha value is -2.26. The molecule has 3 heteroatoms. The largest absolute Gasteiger partial charge is 0.296 e. The summed E-state index contributed by atoms with van der Waals surface area (Å²) in [7, 11) is 2.28. The van der Waals surface area contributed by atoms with Crippen LogP contribution in [0.4, 0.5) is 8.78 Å². The van der Waals surface area contributed by atoms with Crippen LogP contribution in [-0.4, -0.2) is 24.0 Å². The van der Waals surface area contributed by atoms with E-state index in [1.165, 1.54) is 41.7 Å². The van der Waals surface area contributed by atoms with Gasteiger partial charge >= 0.3 is 0 Å². The lowest BCUT2D eigenvalue weighted by molar-refractivity contribution is 0.258. The minimum absolute atomic E-state index is 0.278. The summed E-state index contributed by atoms with van der Waals surface area (Å²) >= 11 is 0. The molecule has 3 unspecified atom stereocenters. The van der Waals surface area contributed by atoms with Crippen molar-refractivity contribution in [3.05, 3.63) is 81.9 Å². The first-order valence-corrected chi connectivity index (χ1v) is 10.6. The Morgan fingerprint density at radius 2 is 1.86 bits per heavy atom. The van der Waals surface area contributed by atoms with E-state index >= 15 is 0 Å². The fraction of sp³-hybridized carbons (Fsp3) is 0.385. The summed E-state index contributed by atoms with van der Waals surface area (Å²) in [4.78, 5) is 2.58. The number of benzene rings is 2. The molecule has 2 aromatic rings. The minimum atomic E-state index is -0.795. The molecule has 150 valence electrons. The zero-order valence-electron chi connectivity index (χ0n) is 17.3. The van der Waals surface area contributed by atoms with Crippen LogP contribution in [-0.2, 0) is 0 Å². The molecule has 0 saturated carbocycles. The highest BCUT2D eigenvalue weighted by molar-refractivity contribution is 5.80. The number of rotatable bonds is 2. The number of fused-ring (bicyclic) bond motifs is 5. The summed E-state index contributed by atoms with van der Waals surface area (Å²) in [5.74, 6) is -1.30. The zero-order valence-corrected chi connectivity index (χ0v) is 17.3. The van der Waals surface area contributed by atoms with Crippen molar-refractivity contribution in [2.75, 3.05) is 7.05 Å². The highest BCUT2D eigenvalue weighted by Crippen LogP contribution is 2.51. The summed E-state index contributed by atoms with van der Waals surface area (Å²) < 4.78 is 27.1. The van der Waals surface area contributed by atoms with Crippen LogP contribution < -0.4 is 0 Å². The second kappa shape index (κ2) is 6.91. The lowest BCUT2D eigenvalue weighted by Crippen LogP contribution is -2.39. The third kappa shape index (κ3) is 3.07. The van der Waals surface area contributed by atoms with E-state index in [4.69, 9.17) is 0 Å². The fourth-order valence-corrected chi connectivity index (χ4v) is 5.69. The van der Waals surface area contributed by atoms with Gasteiger partial charge in [0.05, 0.1) is 0 Å². The Balaban J connectivity index is 1.58. The molecule has 3 aliphatic rings. The smallest absolute Gasteiger partial charge is 0.159 e. The molecule has 0 N–H and O–H groups in total. The molecule has 5 rings (SSSR count). The summed E-state index contributed by atoms with van der Waals surface area (Å²) in [5.41, 5.74) is 8.99. The average molecular weight is 392 g/mol. The van der Waals surface area contributed by atoms with Crippen molar-refractivity contribution in [2.24, 2.45) is 0 Å². The number of halogens is 2. The first kappa shape index (κ1) is 18.7. The third-order valence-electron chi connectivity index (χ3n) is 7.23. The molecular formula is C26H27F2N. The van der Waals surface area contributed by atoms with Gasteiger partial charge in [-0.05, 0) is 86.5 Å². The van der Waals surface area contributed by atoms with E-state index < -0.39 is 11.6 Å². The second-order valence-corrected chi connectivity index (χ2v) is 9.01. The number of hydrogen-bond acceptors (Lipinski definition) is 1. The number of hydrogen-bond donors (Lipinski definition) is 0. The van der Waals surface area contributed by atoms with Gasteiger partial charge in [-0.25, -0.2) is 8.78 Å². The molecular weight excluding hydrogens is 364 g/mol. The van der Waals surface area contributed by atoms with E-state index in [0.717, 1.165) is 24.0 Å². The summed E-state index contributed by atoms with van der Waals surface area (Å²) in [6.07, 6.45) is 6.98. The zero-order chi connectivity index (χ0) is 20.3. The number of aryl methyl sites for hydroxylation is 1. The van der Waals surface area contributed by atoms with Crippen LogP contribution in [0.25, 0.3) is 11.1 Å². The maximum atomic E-state index is 13.7. The highest BCUT2D eigenvalue weighted by atomic mass is 19.2. The summed E-state index contributed by atoms with van der Waals surface area (Å²) in [6, 6.07) is 12.2. The van der Waals surface area contributed by atoms with E-state index in [1.807, 2.05) is 6.92 Å². The van der Waals surface area contributed by atoms with E-state index in [1.54, 1.807) is 17.2 Å². The summed E-state index contributed by atoms with van der Waals surface area (Å²) in [5, 5.41) is 0. The van der Waals surface area contributed by atoms with Crippen LogP contribution >= 0.6 is 0 Å². The topological polar surface area (TPSA) is 3.24 Å². The fourth-order valence-electron chi connectivity index (χ4n) is 5.69. The van der Waals surface area contributed by atoms with Gasteiger partial charge in [0.1, 0.15) is 0 Å². The number of likely N-dealkylation sites (N-methyl/N-ethyl adjacent to an activating group) is 1. The monoisotopic (exact) mass is 391 g/mol. The SMILES string of the molecule is C/C(=C\C1CC2=C(c3cc(C)ccc31)C1CCC(C2)N1C)c1ccc(F)c(F)c1. The molecule has 1 nitrogen and oxygen atoms in total. The van der Waals surface area contributed by atoms with E-state index in [-0.39, 0.29) is 5.92 Å². The third-order valence-corrected chi connectivity index (χ3v) is 7.23. The molecule has 2 heterocycles. The Morgan fingerprint density at radius 1 is 1.03 bits per heavy atom. The predicted molar refractivity (Wildman–Crippen MR) is 115 cm³/mol. The van der Waals surface area contributed by atoms with Gasteiger partial charge in [-0.2, -0.15) is 0 Å². The van der Waals surface area contributed by atoms with E-state index in [0.29, 0.717) is 12.1 Å². The van der Waals surface area contributed by atoms with Gasteiger partial charge in [-0.15, -0.1) is 0 Å². The molecule has 2 aliphatic heterocycles. The van der Waals surface area contributed by atoms with Crippen molar-refractivity contribution in [1.82, 2.24) is 4.90 Å². The van der Waals surface area contributed by atoms with Crippen molar-refractivity contribution >= 4 is 11.1 Å². The predicted octanol–water partition coefficient (Wildman–Crippen LogP) is 6.48. The Labute approximate surface area is 171 Å². The summed E-state index contributed by atoms with van der Waals surface area (Å²) in [6.45, 7) is 4.17. The molecule has 2 aromatic carbocycles. The van der Waals surface area contributed by atoms with Crippen LogP contribution in [0.3, 0.4) is 0 Å². The second-order valence-electron chi connectivity index (χ2n) is 9.01. The average Bonchev–Trinajstić information content (AvgIpc) is 2.93. The van der Waals surface area contributed by atoms with E-state index in [2.05, 4.69) is 43.1 Å². The maximum Gasteiger partial charge on any atom is 0.159 e. The van der Waals surface area contributed by atoms with Crippen LogP contribution in [0.15, 0.2) is 48.0 Å². The normalized spacial score (nSPS) is 26.5. The lowest BCUT2D eigenvalue weighted by atomic mass is 9.73. The quantitative estimate of drug-likeness (QED) is 0.566. The van der Waals surface area contributed by atoms with Gasteiger partial charge in [0, 0.05) is 18.0 Å². The van der Waals surface area contributed by atoms with Gasteiger partial charge in [0.2, 0.25) is 0 Å². The standard InChI is InChI=1S/C26H27F2N/c1-15-4-7-21-18(11-16(2)17-5-8-23(27)24(28)14-17)12-19-13-20-6-9-25(29(20)3)26(19)22(21)10-15/h4-5,7-8,10-11,14,18,20,25H,6,9,12-13H2,1-3H3/b16-11+. The maximum absolute atomic E-state index is 13.7. The molecule has 1 fully saturated rings. The molecule has 0 radical (unpaired) electrons. The number of nitrogens with zero attached hydrogens (tertiary/aromatic N) is 1. The first-order chi connectivity index (χ1) is 13.9.